The number of rotatable bonds is 3. The Bertz CT molecular complexity index is 862. The van der Waals surface area contributed by atoms with Crippen molar-refractivity contribution >= 4 is 28.8 Å². The van der Waals surface area contributed by atoms with Crippen LogP contribution in [0.3, 0.4) is 0 Å². The quantitative estimate of drug-likeness (QED) is 0.829. The van der Waals surface area contributed by atoms with E-state index < -0.39 is 12.1 Å². The van der Waals surface area contributed by atoms with Crippen molar-refractivity contribution in [2.75, 3.05) is 35.2 Å². The Labute approximate surface area is 159 Å². The van der Waals surface area contributed by atoms with Crippen LogP contribution in [0.1, 0.15) is 12.8 Å². The number of alkyl halides is 3. The number of nitrogens with zero attached hydrogens (tertiary/aromatic N) is 2. The van der Waals surface area contributed by atoms with Crippen LogP contribution in [-0.4, -0.2) is 36.8 Å². The summed E-state index contributed by atoms with van der Waals surface area (Å²) in [6, 6.07) is 8.97. The Hall–Kier alpha value is -2.97. The summed E-state index contributed by atoms with van der Waals surface area (Å²) in [6.45, 7) is 0.674. The van der Waals surface area contributed by atoms with E-state index in [-0.39, 0.29) is 25.4 Å². The smallest absolute Gasteiger partial charge is 0.391 e. The Morgan fingerprint density at radius 2 is 1.89 bits per heavy atom. The van der Waals surface area contributed by atoms with E-state index in [9.17, 15) is 18.0 Å². The number of fused-ring (bicyclic) bond motifs is 1. The van der Waals surface area contributed by atoms with Gasteiger partial charge in [0, 0.05) is 24.8 Å². The van der Waals surface area contributed by atoms with Gasteiger partial charge in [-0.3, -0.25) is 4.79 Å². The SMILES string of the molecule is O=C1COc2cc(Nc3ccc(N4CCC(C(F)(F)F)CC4)nc3)ccc2N1. The standard InChI is InChI=1S/C19H19F3N4O2/c20-19(21,22)12-5-7-26(8-6-12)17-4-2-14(10-23-17)24-13-1-3-15-16(9-13)28-11-18(27)25-15/h1-4,9-10,12,24H,5-8,11H2,(H,25,27). The van der Waals surface area contributed by atoms with Gasteiger partial charge in [0.15, 0.2) is 6.61 Å². The first-order valence-corrected chi connectivity index (χ1v) is 9.00. The summed E-state index contributed by atoms with van der Waals surface area (Å²) in [4.78, 5) is 17.6. The van der Waals surface area contributed by atoms with Gasteiger partial charge in [0.1, 0.15) is 11.6 Å². The zero-order valence-electron chi connectivity index (χ0n) is 14.9. The normalized spacial score (nSPS) is 17.5. The maximum absolute atomic E-state index is 12.8. The van der Waals surface area contributed by atoms with Gasteiger partial charge in [-0.05, 0) is 37.1 Å². The summed E-state index contributed by atoms with van der Waals surface area (Å²) in [7, 11) is 0. The van der Waals surface area contributed by atoms with Crippen LogP contribution in [0.2, 0.25) is 0 Å². The topological polar surface area (TPSA) is 66.5 Å². The molecule has 0 aliphatic carbocycles. The van der Waals surface area contributed by atoms with Gasteiger partial charge in [-0.2, -0.15) is 13.2 Å². The number of amides is 1. The molecule has 0 atom stereocenters. The van der Waals surface area contributed by atoms with E-state index in [0.29, 0.717) is 30.3 Å². The van der Waals surface area contributed by atoms with Crippen LogP contribution in [0.5, 0.6) is 5.75 Å². The number of ether oxygens (including phenoxy) is 1. The van der Waals surface area contributed by atoms with Crippen LogP contribution in [0.25, 0.3) is 0 Å². The number of benzene rings is 1. The van der Waals surface area contributed by atoms with E-state index >= 15 is 0 Å². The van der Waals surface area contributed by atoms with Crippen molar-refractivity contribution in [1.82, 2.24) is 4.98 Å². The first-order chi connectivity index (χ1) is 13.4. The van der Waals surface area contributed by atoms with Gasteiger partial charge in [-0.25, -0.2) is 4.98 Å². The van der Waals surface area contributed by atoms with Gasteiger partial charge < -0.3 is 20.3 Å². The number of hydrogen-bond acceptors (Lipinski definition) is 5. The highest BCUT2D eigenvalue weighted by molar-refractivity contribution is 5.95. The molecule has 0 radical (unpaired) electrons. The third-order valence-electron chi connectivity index (χ3n) is 4.93. The third-order valence-corrected chi connectivity index (χ3v) is 4.93. The lowest BCUT2D eigenvalue weighted by molar-refractivity contribution is -0.179. The van der Waals surface area contributed by atoms with Gasteiger partial charge >= 0.3 is 6.18 Å². The molecule has 2 aliphatic heterocycles. The summed E-state index contributed by atoms with van der Waals surface area (Å²) in [5, 5.41) is 5.93. The molecule has 0 unspecified atom stereocenters. The number of halogens is 3. The van der Waals surface area contributed by atoms with Gasteiger partial charge in [0.25, 0.3) is 5.91 Å². The van der Waals surface area contributed by atoms with Gasteiger partial charge in [0.05, 0.1) is 23.5 Å². The van der Waals surface area contributed by atoms with E-state index in [1.807, 2.05) is 17.0 Å². The van der Waals surface area contributed by atoms with Crippen molar-refractivity contribution in [1.29, 1.82) is 0 Å². The molecule has 1 saturated heterocycles. The maximum Gasteiger partial charge on any atom is 0.391 e. The lowest BCUT2D eigenvalue weighted by atomic mass is 9.96. The summed E-state index contributed by atoms with van der Waals surface area (Å²) < 4.78 is 43.7. The highest BCUT2D eigenvalue weighted by atomic mass is 19.4. The second-order valence-electron chi connectivity index (χ2n) is 6.88. The van der Waals surface area contributed by atoms with E-state index in [0.717, 1.165) is 11.4 Å². The Morgan fingerprint density at radius 3 is 2.57 bits per heavy atom. The van der Waals surface area contributed by atoms with E-state index in [2.05, 4.69) is 15.6 Å². The van der Waals surface area contributed by atoms with E-state index in [4.69, 9.17) is 4.74 Å². The lowest BCUT2D eigenvalue weighted by Crippen LogP contribution is -2.39. The summed E-state index contributed by atoms with van der Waals surface area (Å²) >= 11 is 0. The molecule has 148 valence electrons. The average Bonchev–Trinajstić information content (AvgIpc) is 2.68. The molecule has 1 amide bonds. The highest BCUT2D eigenvalue weighted by Crippen LogP contribution is 2.35. The van der Waals surface area contributed by atoms with Gasteiger partial charge in [-0.15, -0.1) is 0 Å². The molecule has 1 aromatic carbocycles. The lowest BCUT2D eigenvalue weighted by Gasteiger charge is -2.33. The van der Waals surface area contributed by atoms with Crippen LogP contribution < -0.4 is 20.3 Å². The minimum Gasteiger partial charge on any atom is -0.482 e. The van der Waals surface area contributed by atoms with Gasteiger partial charge in [0.2, 0.25) is 0 Å². The molecule has 28 heavy (non-hydrogen) atoms. The number of nitrogens with one attached hydrogen (secondary N) is 2. The molecule has 0 spiro atoms. The van der Waals surface area contributed by atoms with Crippen LogP contribution in [0, 0.1) is 5.92 Å². The molecule has 6 nitrogen and oxygen atoms in total. The second kappa shape index (κ2) is 7.21. The largest absolute Gasteiger partial charge is 0.482 e. The zero-order valence-corrected chi connectivity index (χ0v) is 14.9. The molecule has 0 saturated carbocycles. The first kappa shape index (κ1) is 18.4. The van der Waals surface area contributed by atoms with Crippen molar-refractivity contribution in [2.45, 2.75) is 19.0 Å². The molecule has 2 N–H and O–H groups in total. The Kier molecular flexibility index (Phi) is 4.74. The van der Waals surface area contributed by atoms with Crippen molar-refractivity contribution in [3.8, 4) is 5.75 Å². The fraction of sp³-hybridized carbons (Fsp3) is 0.368. The van der Waals surface area contributed by atoms with Crippen molar-refractivity contribution in [3.05, 3.63) is 36.5 Å². The number of carbonyl (C=O) groups is 1. The summed E-state index contributed by atoms with van der Waals surface area (Å²) in [6.07, 6.45) is -2.28. The fourth-order valence-electron chi connectivity index (χ4n) is 3.40. The summed E-state index contributed by atoms with van der Waals surface area (Å²) in [5.74, 6) is -0.155. The van der Waals surface area contributed by atoms with E-state index in [1.54, 1.807) is 24.4 Å². The van der Waals surface area contributed by atoms with Gasteiger partial charge in [-0.1, -0.05) is 0 Å². The molecule has 3 heterocycles. The number of piperidine rings is 1. The molecule has 9 heteroatoms. The summed E-state index contributed by atoms with van der Waals surface area (Å²) in [5.41, 5.74) is 2.14. The number of anilines is 4. The number of pyridine rings is 1. The van der Waals surface area contributed by atoms with Crippen LogP contribution in [0.15, 0.2) is 36.5 Å². The number of hydrogen-bond donors (Lipinski definition) is 2. The Morgan fingerprint density at radius 1 is 1.14 bits per heavy atom. The van der Waals surface area contributed by atoms with Crippen molar-refractivity contribution in [3.63, 3.8) is 0 Å². The molecule has 2 aromatic rings. The number of aromatic nitrogens is 1. The molecule has 0 bridgehead atoms. The van der Waals surface area contributed by atoms with Crippen LogP contribution >= 0.6 is 0 Å². The molecule has 4 rings (SSSR count). The second-order valence-corrected chi connectivity index (χ2v) is 6.88. The minimum atomic E-state index is -4.12. The predicted octanol–water partition coefficient (Wildman–Crippen LogP) is 3.93. The zero-order chi connectivity index (χ0) is 19.7. The fourth-order valence-corrected chi connectivity index (χ4v) is 3.40. The van der Waals surface area contributed by atoms with Crippen LogP contribution in [-0.2, 0) is 4.79 Å². The van der Waals surface area contributed by atoms with Crippen LogP contribution in [0.4, 0.5) is 36.1 Å². The van der Waals surface area contributed by atoms with Crippen molar-refractivity contribution in [2.24, 2.45) is 5.92 Å². The molecule has 1 aromatic heterocycles. The highest BCUT2D eigenvalue weighted by Gasteiger charge is 2.41. The number of carbonyl (C=O) groups excluding carboxylic acids is 1. The molecular formula is C19H19F3N4O2. The monoisotopic (exact) mass is 392 g/mol. The minimum absolute atomic E-state index is 0.0161. The van der Waals surface area contributed by atoms with E-state index in [1.165, 1.54) is 0 Å². The van der Waals surface area contributed by atoms with Crippen molar-refractivity contribution < 1.29 is 22.7 Å². The maximum atomic E-state index is 12.8. The average molecular weight is 392 g/mol. The molecule has 2 aliphatic rings. The Balaban J connectivity index is 1.38. The molecule has 1 fully saturated rings. The first-order valence-electron chi connectivity index (χ1n) is 9.00. The third kappa shape index (κ3) is 3.97. The molecular weight excluding hydrogens is 373 g/mol. The predicted molar refractivity (Wildman–Crippen MR) is 99.1 cm³/mol.